The van der Waals surface area contributed by atoms with Gasteiger partial charge in [-0.1, -0.05) is 6.07 Å². The molecule has 1 atom stereocenters. The summed E-state index contributed by atoms with van der Waals surface area (Å²) in [6.45, 7) is 6.37. The number of pyridine rings is 1. The predicted octanol–water partition coefficient (Wildman–Crippen LogP) is 1.53. The second kappa shape index (κ2) is 6.48. The van der Waals surface area contributed by atoms with Crippen LogP contribution >= 0.6 is 0 Å². The first-order chi connectivity index (χ1) is 8.81. The molecule has 2 heterocycles. The number of nitrogens with zero attached hydrogens (tertiary/aromatic N) is 3. The molecule has 18 heavy (non-hydrogen) atoms. The molecule has 1 aliphatic heterocycles. The topological polar surface area (TPSA) is 52.0 Å². The Morgan fingerprint density at radius 2 is 2.28 bits per heavy atom. The van der Waals surface area contributed by atoms with E-state index in [1.165, 1.54) is 25.9 Å². The summed E-state index contributed by atoms with van der Waals surface area (Å²) in [6, 6.07) is 6.53. The fraction of sp³-hybridized carbons (Fsp3) is 0.571. The molecule has 1 aliphatic rings. The zero-order valence-corrected chi connectivity index (χ0v) is 10.9. The van der Waals surface area contributed by atoms with Crippen molar-refractivity contribution in [2.24, 2.45) is 0 Å². The standard InChI is InChI=1S/C14H20N4/c1-12(18-7-2-3-8-18)10-16-11-13-5-4-6-17-14(13)9-15/h4-6,12,16H,2-3,7-8,10-11H2,1H3. The number of aromatic nitrogens is 1. The van der Waals surface area contributed by atoms with Gasteiger partial charge in [0, 0.05) is 30.9 Å². The van der Waals surface area contributed by atoms with E-state index in [4.69, 9.17) is 5.26 Å². The van der Waals surface area contributed by atoms with Crippen molar-refractivity contribution in [3.05, 3.63) is 29.6 Å². The molecular weight excluding hydrogens is 224 g/mol. The molecule has 0 amide bonds. The molecule has 4 heteroatoms. The quantitative estimate of drug-likeness (QED) is 0.853. The molecule has 0 saturated carbocycles. The van der Waals surface area contributed by atoms with Gasteiger partial charge in [0.15, 0.2) is 0 Å². The summed E-state index contributed by atoms with van der Waals surface area (Å²) in [5.74, 6) is 0. The molecule has 0 bridgehead atoms. The van der Waals surface area contributed by atoms with Crippen LogP contribution in [0.4, 0.5) is 0 Å². The van der Waals surface area contributed by atoms with Gasteiger partial charge in [-0.05, 0) is 38.9 Å². The first kappa shape index (κ1) is 13.0. The molecule has 1 aromatic heterocycles. The van der Waals surface area contributed by atoms with Crippen LogP contribution in [-0.4, -0.2) is 35.6 Å². The van der Waals surface area contributed by atoms with Gasteiger partial charge in [0.05, 0.1) is 0 Å². The van der Waals surface area contributed by atoms with Crippen LogP contribution in [0.15, 0.2) is 18.3 Å². The van der Waals surface area contributed by atoms with E-state index in [1.54, 1.807) is 6.20 Å². The lowest BCUT2D eigenvalue weighted by atomic mass is 10.2. The number of hydrogen-bond acceptors (Lipinski definition) is 4. The van der Waals surface area contributed by atoms with Crippen LogP contribution in [0, 0.1) is 11.3 Å². The Labute approximate surface area is 109 Å². The monoisotopic (exact) mass is 244 g/mol. The van der Waals surface area contributed by atoms with E-state index in [2.05, 4.69) is 28.2 Å². The minimum atomic E-state index is 0.527. The van der Waals surface area contributed by atoms with Crippen molar-refractivity contribution < 1.29 is 0 Å². The molecule has 1 fully saturated rings. The number of nitrogens with one attached hydrogen (secondary N) is 1. The Morgan fingerprint density at radius 3 is 3.00 bits per heavy atom. The molecule has 2 rings (SSSR count). The summed E-state index contributed by atoms with van der Waals surface area (Å²) >= 11 is 0. The molecule has 96 valence electrons. The van der Waals surface area contributed by atoms with Crippen molar-refractivity contribution >= 4 is 0 Å². The predicted molar refractivity (Wildman–Crippen MR) is 70.9 cm³/mol. The Balaban J connectivity index is 1.79. The molecular formula is C14H20N4. The van der Waals surface area contributed by atoms with E-state index < -0.39 is 0 Å². The Hall–Kier alpha value is -1.44. The fourth-order valence-corrected chi connectivity index (χ4v) is 2.41. The SMILES string of the molecule is CC(CNCc1cccnc1C#N)N1CCCC1. The van der Waals surface area contributed by atoms with Gasteiger partial charge in [-0.3, -0.25) is 4.90 Å². The number of likely N-dealkylation sites (tertiary alicyclic amines) is 1. The van der Waals surface area contributed by atoms with Crippen LogP contribution in [0.25, 0.3) is 0 Å². The van der Waals surface area contributed by atoms with E-state index in [9.17, 15) is 0 Å². The van der Waals surface area contributed by atoms with Crippen molar-refractivity contribution in [3.8, 4) is 6.07 Å². The van der Waals surface area contributed by atoms with Crippen molar-refractivity contribution in [2.75, 3.05) is 19.6 Å². The molecule has 1 N–H and O–H groups in total. The highest BCUT2D eigenvalue weighted by Crippen LogP contribution is 2.11. The van der Waals surface area contributed by atoms with Gasteiger partial charge in [0.1, 0.15) is 11.8 Å². The third-order valence-corrected chi connectivity index (χ3v) is 3.52. The van der Waals surface area contributed by atoms with E-state index in [0.717, 1.165) is 18.7 Å². The van der Waals surface area contributed by atoms with E-state index >= 15 is 0 Å². The van der Waals surface area contributed by atoms with Gasteiger partial charge in [0.2, 0.25) is 0 Å². The van der Waals surface area contributed by atoms with Crippen LogP contribution < -0.4 is 5.32 Å². The van der Waals surface area contributed by atoms with Gasteiger partial charge in [-0.25, -0.2) is 4.98 Å². The van der Waals surface area contributed by atoms with Crippen molar-refractivity contribution in [2.45, 2.75) is 32.4 Å². The van der Waals surface area contributed by atoms with E-state index in [-0.39, 0.29) is 0 Å². The first-order valence-electron chi connectivity index (χ1n) is 6.60. The normalized spacial score (nSPS) is 17.6. The lowest BCUT2D eigenvalue weighted by Crippen LogP contribution is -2.38. The summed E-state index contributed by atoms with van der Waals surface area (Å²) in [7, 11) is 0. The third-order valence-electron chi connectivity index (χ3n) is 3.52. The highest BCUT2D eigenvalue weighted by molar-refractivity contribution is 5.30. The maximum Gasteiger partial charge on any atom is 0.144 e. The van der Waals surface area contributed by atoms with Crippen LogP contribution in [0.3, 0.4) is 0 Å². The molecule has 1 aromatic rings. The highest BCUT2D eigenvalue weighted by atomic mass is 15.2. The summed E-state index contributed by atoms with van der Waals surface area (Å²) in [6.07, 6.45) is 4.31. The molecule has 4 nitrogen and oxygen atoms in total. The summed E-state index contributed by atoms with van der Waals surface area (Å²) in [5, 5.41) is 12.4. The van der Waals surface area contributed by atoms with Gasteiger partial charge in [0.25, 0.3) is 0 Å². The molecule has 0 aliphatic carbocycles. The second-order valence-corrected chi connectivity index (χ2v) is 4.85. The van der Waals surface area contributed by atoms with Crippen LogP contribution in [0.5, 0.6) is 0 Å². The fourth-order valence-electron chi connectivity index (χ4n) is 2.41. The number of rotatable bonds is 5. The molecule has 0 radical (unpaired) electrons. The van der Waals surface area contributed by atoms with Gasteiger partial charge in [-0.2, -0.15) is 5.26 Å². The minimum absolute atomic E-state index is 0.527. The zero-order chi connectivity index (χ0) is 12.8. The van der Waals surface area contributed by atoms with Crippen LogP contribution in [-0.2, 0) is 6.54 Å². The van der Waals surface area contributed by atoms with Gasteiger partial charge < -0.3 is 5.32 Å². The molecule has 0 aromatic carbocycles. The largest absolute Gasteiger partial charge is 0.311 e. The van der Waals surface area contributed by atoms with Crippen molar-refractivity contribution in [3.63, 3.8) is 0 Å². The summed E-state index contributed by atoms with van der Waals surface area (Å²) in [4.78, 5) is 6.58. The second-order valence-electron chi connectivity index (χ2n) is 4.85. The maximum absolute atomic E-state index is 8.95. The van der Waals surface area contributed by atoms with Crippen molar-refractivity contribution in [1.82, 2.24) is 15.2 Å². The maximum atomic E-state index is 8.95. The zero-order valence-electron chi connectivity index (χ0n) is 10.9. The van der Waals surface area contributed by atoms with Crippen molar-refractivity contribution in [1.29, 1.82) is 5.26 Å². The number of hydrogen-bond donors (Lipinski definition) is 1. The highest BCUT2D eigenvalue weighted by Gasteiger charge is 2.17. The number of nitriles is 1. The van der Waals surface area contributed by atoms with E-state index in [0.29, 0.717) is 11.7 Å². The van der Waals surface area contributed by atoms with Crippen LogP contribution in [0.1, 0.15) is 31.0 Å². The van der Waals surface area contributed by atoms with Crippen LogP contribution in [0.2, 0.25) is 0 Å². The Morgan fingerprint density at radius 1 is 1.50 bits per heavy atom. The molecule has 1 saturated heterocycles. The first-order valence-corrected chi connectivity index (χ1v) is 6.60. The smallest absolute Gasteiger partial charge is 0.144 e. The summed E-state index contributed by atoms with van der Waals surface area (Å²) in [5.41, 5.74) is 1.51. The van der Waals surface area contributed by atoms with Gasteiger partial charge >= 0.3 is 0 Å². The average Bonchev–Trinajstić information content (AvgIpc) is 2.93. The lowest BCUT2D eigenvalue weighted by Gasteiger charge is -2.24. The molecule has 1 unspecified atom stereocenters. The summed E-state index contributed by atoms with van der Waals surface area (Å²) < 4.78 is 0. The average molecular weight is 244 g/mol. The van der Waals surface area contributed by atoms with Gasteiger partial charge in [-0.15, -0.1) is 0 Å². The lowest BCUT2D eigenvalue weighted by molar-refractivity contribution is 0.251. The Kier molecular flexibility index (Phi) is 4.68. The Bertz CT molecular complexity index is 418. The minimum Gasteiger partial charge on any atom is -0.311 e. The third kappa shape index (κ3) is 3.28. The molecule has 0 spiro atoms. The van der Waals surface area contributed by atoms with E-state index in [1.807, 2.05) is 12.1 Å².